The van der Waals surface area contributed by atoms with Crippen LogP contribution in [0.1, 0.15) is 22.3 Å². The molecule has 1 heterocycles. The van der Waals surface area contributed by atoms with Crippen molar-refractivity contribution in [2.45, 2.75) is 13.3 Å². The lowest BCUT2D eigenvalue weighted by atomic mass is 10.1. The van der Waals surface area contributed by atoms with Crippen LogP contribution < -0.4 is 10.1 Å². The average Bonchev–Trinajstić information content (AvgIpc) is 3.32. The van der Waals surface area contributed by atoms with E-state index in [0.29, 0.717) is 15.7 Å². The Morgan fingerprint density at radius 3 is 2.51 bits per heavy atom. The van der Waals surface area contributed by atoms with Gasteiger partial charge in [0.2, 0.25) is 11.0 Å². The summed E-state index contributed by atoms with van der Waals surface area (Å²) >= 11 is 1.23. The first-order valence-electron chi connectivity index (χ1n) is 10.6. The fourth-order valence-electron chi connectivity index (χ4n) is 3.18. The lowest BCUT2D eigenvalue weighted by Gasteiger charge is -2.22. The molecule has 0 radical (unpaired) electrons. The zero-order chi connectivity index (χ0) is 25.4. The second-order valence-electron chi connectivity index (χ2n) is 7.48. The lowest BCUT2D eigenvalue weighted by Crippen LogP contribution is -2.36. The Kier molecular flexibility index (Phi) is 8.81. The first-order valence-corrected chi connectivity index (χ1v) is 11.4. The number of carbonyl (C=O) groups excluding carboxylic acids is 2. The summed E-state index contributed by atoms with van der Waals surface area (Å²) in [4.78, 5) is 37.7. The summed E-state index contributed by atoms with van der Waals surface area (Å²) < 4.78 is 10.2. The van der Waals surface area contributed by atoms with Gasteiger partial charge in [-0.2, -0.15) is 0 Å². The molecule has 35 heavy (non-hydrogen) atoms. The topological polar surface area (TPSA) is 137 Å². The summed E-state index contributed by atoms with van der Waals surface area (Å²) in [5.41, 5.74) is 1.34. The summed E-state index contributed by atoms with van der Waals surface area (Å²) in [7, 11) is 3.09. The van der Waals surface area contributed by atoms with E-state index >= 15 is 0 Å². The molecule has 184 valence electrons. The Bertz CT molecular complexity index is 1200. The number of anilines is 1. The number of nitro groups is 1. The number of nitro benzene ring substituents is 1. The zero-order valence-electron chi connectivity index (χ0n) is 19.5. The molecule has 3 rings (SSSR count). The Labute approximate surface area is 205 Å². The standard InChI is InChI=1S/C23H25N5O6S/c1-15-4-5-17(14-19(15)28(31)32)22(30)27(12-13-33-2)11-10-20(29)24-23-26-25-21(35-23)16-6-8-18(34-3)9-7-16/h4-9,14H,10-13H2,1-3H3,(H,24,26,29). The number of ether oxygens (including phenoxy) is 2. The smallest absolute Gasteiger partial charge is 0.273 e. The second-order valence-corrected chi connectivity index (χ2v) is 8.46. The van der Waals surface area contributed by atoms with E-state index in [-0.39, 0.29) is 43.3 Å². The Balaban J connectivity index is 1.63. The van der Waals surface area contributed by atoms with Crippen molar-refractivity contribution < 1.29 is 24.0 Å². The van der Waals surface area contributed by atoms with Gasteiger partial charge in [-0.25, -0.2) is 0 Å². The fraction of sp³-hybridized carbons (Fsp3) is 0.304. The van der Waals surface area contributed by atoms with Gasteiger partial charge in [-0.1, -0.05) is 17.4 Å². The molecule has 3 aromatic rings. The van der Waals surface area contributed by atoms with Crippen LogP contribution in [0.4, 0.5) is 10.8 Å². The number of hydrogen-bond donors (Lipinski definition) is 1. The molecule has 0 spiro atoms. The van der Waals surface area contributed by atoms with Gasteiger partial charge in [-0.05, 0) is 37.3 Å². The van der Waals surface area contributed by atoms with Crippen molar-refractivity contribution in [1.82, 2.24) is 15.1 Å². The normalized spacial score (nSPS) is 10.6. The second kappa shape index (κ2) is 12.0. The van der Waals surface area contributed by atoms with Crippen LogP contribution >= 0.6 is 11.3 Å². The molecule has 0 aliphatic rings. The summed E-state index contributed by atoms with van der Waals surface area (Å²) in [6, 6.07) is 11.6. The van der Waals surface area contributed by atoms with Crippen LogP contribution in [0.15, 0.2) is 42.5 Å². The third kappa shape index (κ3) is 6.80. The van der Waals surface area contributed by atoms with Gasteiger partial charge in [0, 0.05) is 49.4 Å². The van der Waals surface area contributed by atoms with E-state index in [4.69, 9.17) is 9.47 Å². The van der Waals surface area contributed by atoms with Gasteiger partial charge in [0.05, 0.1) is 18.6 Å². The molecule has 12 heteroatoms. The Morgan fingerprint density at radius 2 is 1.86 bits per heavy atom. The van der Waals surface area contributed by atoms with Gasteiger partial charge in [-0.3, -0.25) is 19.7 Å². The van der Waals surface area contributed by atoms with E-state index in [1.807, 2.05) is 24.3 Å². The van der Waals surface area contributed by atoms with Gasteiger partial charge in [0.1, 0.15) is 10.8 Å². The van der Waals surface area contributed by atoms with Crippen molar-refractivity contribution in [3.05, 3.63) is 63.7 Å². The molecule has 0 atom stereocenters. The van der Waals surface area contributed by atoms with Crippen molar-refractivity contribution >= 4 is 34.0 Å². The monoisotopic (exact) mass is 499 g/mol. The molecule has 2 amide bonds. The van der Waals surface area contributed by atoms with Gasteiger partial charge in [-0.15, -0.1) is 10.2 Å². The maximum Gasteiger partial charge on any atom is 0.273 e. The van der Waals surface area contributed by atoms with Gasteiger partial charge >= 0.3 is 0 Å². The molecule has 2 aromatic carbocycles. The van der Waals surface area contributed by atoms with E-state index in [0.717, 1.165) is 11.3 Å². The zero-order valence-corrected chi connectivity index (χ0v) is 20.3. The first-order chi connectivity index (χ1) is 16.8. The molecule has 1 N–H and O–H groups in total. The number of carbonyl (C=O) groups is 2. The van der Waals surface area contributed by atoms with E-state index in [2.05, 4.69) is 15.5 Å². The first kappa shape index (κ1) is 25.7. The number of benzene rings is 2. The number of rotatable bonds is 11. The summed E-state index contributed by atoms with van der Waals surface area (Å²) in [5, 5.41) is 23.0. The molecule has 0 unspecified atom stereocenters. The number of hydrogen-bond acceptors (Lipinski definition) is 9. The summed E-state index contributed by atoms with van der Waals surface area (Å²) in [6.07, 6.45) is 0.000851. The van der Waals surface area contributed by atoms with E-state index in [1.165, 1.54) is 41.5 Å². The third-order valence-corrected chi connectivity index (χ3v) is 6.01. The molecule has 11 nitrogen and oxygen atoms in total. The molecule has 0 saturated heterocycles. The fourth-order valence-corrected chi connectivity index (χ4v) is 3.95. The minimum absolute atomic E-state index is 0.000851. The molecular formula is C23H25N5O6S. The van der Waals surface area contributed by atoms with Crippen molar-refractivity contribution in [1.29, 1.82) is 0 Å². The average molecular weight is 500 g/mol. The maximum atomic E-state index is 13.0. The van der Waals surface area contributed by atoms with Crippen molar-refractivity contribution in [2.75, 3.05) is 39.2 Å². The van der Waals surface area contributed by atoms with Crippen LogP contribution in [0.5, 0.6) is 5.75 Å². The predicted octanol–water partition coefficient (Wildman–Crippen LogP) is 3.55. The number of aryl methyl sites for hydroxylation is 1. The van der Waals surface area contributed by atoms with Crippen LogP contribution in [-0.2, 0) is 9.53 Å². The number of nitrogens with one attached hydrogen (secondary N) is 1. The van der Waals surface area contributed by atoms with Gasteiger partial charge in [0.25, 0.3) is 11.6 Å². The highest BCUT2D eigenvalue weighted by Crippen LogP contribution is 2.28. The van der Waals surface area contributed by atoms with Crippen LogP contribution in [0.3, 0.4) is 0 Å². The van der Waals surface area contributed by atoms with Crippen molar-refractivity contribution in [3.63, 3.8) is 0 Å². The molecule has 0 aliphatic heterocycles. The van der Waals surface area contributed by atoms with Crippen molar-refractivity contribution in [2.24, 2.45) is 0 Å². The summed E-state index contributed by atoms with van der Waals surface area (Å²) in [5.74, 6) is -0.0391. The van der Waals surface area contributed by atoms with Crippen LogP contribution in [0.25, 0.3) is 10.6 Å². The largest absolute Gasteiger partial charge is 0.497 e. The number of aromatic nitrogens is 2. The SMILES string of the molecule is COCCN(CCC(=O)Nc1nnc(-c2ccc(OC)cc2)s1)C(=O)c1ccc(C)c([N+](=O)[O-])c1. The number of amides is 2. The third-order valence-electron chi connectivity index (χ3n) is 5.12. The highest BCUT2D eigenvalue weighted by molar-refractivity contribution is 7.18. The van der Waals surface area contributed by atoms with Crippen LogP contribution in [-0.4, -0.2) is 65.8 Å². The molecule has 0 saturated carbocycles. The van der Waals surface area contributed by atoms with Crippen LogP contribution in [0, 0.1) is 17.0 Å². The molecule has 0 fully saturated rings. The van der Waals surface area contributed by atoms with E-state index < -0.39 is 10.8 Å². The van der Waals surface area contributed by atoms with E-state index in [1.54, 1.807) is 14.0 Å². The van der Waals surface area contributed by atoms with Crippen molar-refractivity contribution in [3.8, 4) is 16.3 Å². The lowest BCUT2D eigenvalue weighted by molar-refractivity contribution is -0.385. The summed E-state index contributed by atoms with van der Waals surface area (Å²) in [6.45, 7) is 2.18. The number of methoxy groups -OCH3 is 2. The highest BCUT2D eigenvalue weighted by Gasteiger charge is 2.21. The van der Waals surface area contributed by atoms with Crippen LogP contribution in [0.2, 0.25) is 0 Å². The van der Waals surface area contributed by atoms with E-state index in [9.17, 15) is 19.7 Å². The quantitative estimate of drug-likeness (QED) is 0.312. The highest BCUT2D eigenvalue weighted by atomic mass is 32.1. The Morgan fingerprint density at radius 1 is 1.11 bits per heavy atom. The predicted molar refractivity (Wildman–Crippen MR) is 131 cm³/mol. The maximum absolute atomic E-state index is 13.0. The minimum atomic E-state index is -0.526. The minimum Gasteiger partial charge on any atom is -0.497 e. The number of nitrogens with zero attached hydrogens (tertiary/aromatic N) is 4. The van der Waals surface area contributed by atoms with Gasteiger partial charge < -0.3 is 19.7 Å². The molecule has 1 aromatic heterocycles. The molecule has 0 aliphatic carbocycles. The Hall–Kier alpha value is -3.90. The van der Waals surface area contributed by atoms with Gasteiger partial charge in [0.15, 0.2) is 0 Å². The molecule has 0 bridgehead atoms. The molecular weight excluding hydrogens is 474 g/mol.